The Labute approximate surface area is 180 Å². The number of amides is 2. The second-order valence-electron chi connectivity index (χ2n) is 7.73. The lowest BCUT2D eigenvalue weighted by Gasteiger charge is -2.30. The maximum Gasteiger partial charge on any atom is 0.323 e. The number of nitrogens with one attached hydrogen (secondary N) is 1. The monoisotopic (exact) mass is 413 g/mol. The molecule has 4 aromatic rings. The smallest absolute Gasteiger partial charge is 0.318 e. The Kier molecular flexibility index (Phi) is 4.68. The van der Waals surface area contributed by atoms with Gasteiger partial charge in [0, 0.05) is 16.8 Å². The van der Waals surface area contributed by atoms with E-state index in [0.717, 1.165) is 33.1 Å². The third-order valence-electron chi connectivity index (χ3n) is 5.66. The van der Waals surface area contributed by atoms with Crippen molar-refractivity contribution in [2.45, 2.75) is 26.4 Å². The zero-order valence-electron chi connectivity index (χ0n) is 17.0. The number of para-hydroxylation sites is 1. The summed E-state index contributed by atoms with van der Waals surface area (Å²) in [7, 11) is 0. The maximum absolute atomic E-state index is 13.6. The van der Waals surface area contributed by atoms with Gasteiger partial charge in [0.2, 0.25) is 0 Å². The number of benzene rings is 2. The Morgan fingerprint density at radius 3 is 2.70 bits per heavy atom. The first-order valence-corrected chi connectivity index (χ1v) is 10.9. The third kappa shape index (κ3) is 3.21. The molecular weight excluding hydrogens is 390 g/mol. The van der Waals surface area contributed by atoms with E-state index in [0.29, 0.717) is 6.54 Å². The lowest BCUT2D eigenvalue weighted by atomic mass is 10.1. The molecule has 2 amide bonds. The summed E-state index contributed by atoms with van der Waals surface area (Å²) in [5, 5.41) is 5.23. The molecule has 30 heavy (non-hydrogen) atoms. The number of carbonyl (C=O) groups excluding carboxylic acids is 1. The van der Waals surface area contributed by atoms with Crippen LogP contribution in [0.3, 0.4) is 0 Å². The van der Waals surface area contributed by atoms with Crippen molar-refractivity contribution in [3.8, 4) is 5.69 Å². The Balaban J connectivity index is 1.61. The quantitative estimate of drug-likeness (QED) is 0.412. The van der Waals surface area contributed by atoms with E-state index in [1.807, 2.05) is 42.2 Å². The zero-order chi connectivity index (χ0) is 20.7. The normalized spacial score (nSPS) is 15.3. The van der Waals surface area contributed by atoms with Crippen molar-refractivity contribution in [1.29, 1.82) is 0 Å². The van der Waals surface area contributed by atoms with E-state index < -0.39 is 0 Å². The molecule has 0 saturated heterocycles. The minimum atomic E-state index is -0.154. The van der Waals surface area contributed by atoms with Gasteiger partial charge in [-0.15, -0.1) is 11.3 Å². The van der Waals surface area contributed by atoms with Gasteiger partial charge in [-0.1, -0.05) is 42.0 Å². The molecule has 0 aliphatic carbocycles. The molecule has 150 valence electrons. The van der Waals surface area contributed by atoms with Gasteiger partial charge in [-0.25, -0.2) is 4.79 Å². The van der Waals surface area contributed by atoms with Crippen LogP contribution in [0.25, 0.3) is 5.69 Å². The van der Waals surface area contributed by atoms with Crippen molar-refractivity contribution in [2.24, 2.45) is 0 Å². The summed E-state index contributed by atoms with van der Waals surface area (Å²) >= 11 is 1.68. The van der Waals surface area contributed by atoms with Crippen LogP contribution in [-0.2, 0) is 6.54 Å². The van der Waals surface area contributed by atoms with Gasteiger partial charge < -0.3 is 14.8 Å². The van der Waals surface area contributed by atoms with Crippen molar-refractivity contribution in [1.82, 2.24) is 9.47 Å². The number of hydrogen-bond donors (Lipinski definition) is 1. The van der Waals surface area contributed by atoms with Gasteiger partial charge in [0.25, 0.3) is 0 Å². The Morgan fingerprint density at radius 2 is 1.90 bits per heavy atom. The predicted octanol–water partition coefficient (Wildman–Crippen LogP) is 6.29. The summed E-state index contributed by atoms with van der Waals surface area (Å²) in [4.78, 5) is 16.7. The standard InChI is InChI=1S/C25H23N3OS/c1-17-11-12-20(18(2)15-17)26-25(29)28-16-19-7-3-4-8-21(19)27-13-5-9-22(27)24(28)23-10-6-14-30-23/h3-15,24H,16H2,1-2H3,(H,26,29)/t24-/m1/s1. The van der Waals surface area contributed by atoms with Crippen LogP contribution in [0.4, 0.5) is 10.5 Å². The largest absolute Gasteiger partial charge is 0.323 e. The molecule has 4 nitrogen and oxygen atoms in total. The van der Waals surface area contributed by atoms with Gasteiger partial charge in [-0.05, 0) is 60.7 Å². The van der Waals surface area contributed by atoms with Crippen LogP contribution in [0.2, 0.25) is 0 Å². The number of rotatable bonds is 2. The molecule has 1 aliphatic heterocycles. The molecule has 1 aliphatic rings. The summed E-state index contributed by atoms with van der Waals surface area (Å²) in [5.41, 5.74) is 6.45. The van der Waals surface area contributed by atoms with E-state index in [2.05, 4.69) is 64.8 Å². The number of urea groups is 1. The number of thiophene rings is 1. The minimum Gasteiger partial charge on any atom is -0.318 e. The van der Waals surface area contributed by atoms with Crippen molar-refractivity contribution < 1.29 is 4.79 Å². The zero-order valence-corrected chi connectivity index (χ0v) is 17.8. The molecule has 2 aromatic carbocycles. The molecule has 3 heterocycles. The van der Waals surface area contributed by atoms with Crippen LogP contribution < -0.4 is 5.32 Å². The molecule has 1 atom stereocenters. The summed E-state index contributed by atoms with van der Waals surface area (Å²) in [6.45, 7) is 4.63. The van der Waals surface area contributed by atoms with E-state index in [1.54, 1.807) is 11.3 Å². The summed E-state index contributed by atoms with van der Waals surface area (Å²) < 4.78 is 2.21. The highest BCUT2D eigenvalue weighted by Gasteiger charge is 2.33. The maximum atomic E-state index is 13.6. The van der Waals surface area contributed by atoms with E-state index in [9.17, 15) is 4.79 Å². The number of hydrogen-bond acceptors (Lipinski definition) is 2. The third-order valence-corrected chi connectivity index (χ3v) is 6.59. The fourth-order valence-corrected chi connectivity index (χ4v) is 5.07. The number of aryl methyl sites for hydroxylation is 2. The second kappa shape index (κ2) is 7.50. The number of carbonyl (C=O) groups is 1. The molecule has 0 fully saturated rings. The van der Waals surface area contributed by atoms with Gasteiger partial charge >= 0.3 is 6.03 Å². The van der Waals surface area contributed by atoms with Gasteiger partial charge in [0.1, 0.15) is 6.04 Å². The number of fused-ring (bicyclic) bond motifs is 3. The van der Waals surface area contributed by atoms with Crippen molar-refractivity contribution >= 4 is 23.1 Å². The summed E-state index contributed by atoms with van der Waals surface area (Å²) in [6.07, 6.45) is 2.08. The number of aromatic nitrogens is 1. The average Bonchev–Trinajstić information content (AvgIpc) is 3.41. The lowest BCUT2D eigenvalue weighted by molar-refractivity contribution is 0.195. The topological polar surface area (TPSA) is 37.3 Å². The van der Waals surface area contributed by atoms with Crippen LogP contribution in [-0.4, -0.2) is 15.5 Å². The van der Waals surface area contributed by atoms with Crippen molar-refractivity contribution in [3.63, 3.8) is 0 Å². The van der Waals surface area contributed by atoms with E-state index in [1.165, 1.54) is 5.56 Å². The molecule has 0 radical (unpaired) electrons. The van der Waals surface area contributed by atoms with Crippen LogP contribution in [0.15, 0.2) is 78.3 Å². The van der Waals surface area contributed by atoms with Crippen LogP contribution in [0.1, 0.15) is 33.3 Å². The highest BCUT2D eigenvalue weighted by atomic mass is 32.1. The highest BCUT2D eigenvalue weighted by Crippen LogP contribution is 2.38. The Hall–Kier alpha value is -3.31. The van der Waals surface area contributed by atoms with Crippen LogP contribution >= 0.6 is 11.3 Å². The van der Waals surface area contributed by atoms with E-state index >= 15 is 0 Å². The fourth-order valence-electron chi connectivity index (χ4n) is 4.23. The average molecular weight is 414 g/mol. The number of anilines is 1. The van der Waals surface area contributed by atoms with Gasteiger partial charge in [-0.2, -0.15) is 0 Å². The second-order valence-corrected chi connectivity index (χ2v) is 8.71. The van der Waals surface area contributed by atoms with Gasteiger partial charge in [0.15, 0.2) is 0 Å². The Bertz CT molecular complexity index is 1210. The molecule has 1 N–H and O–H groups in total. The lowest BCUT2D eigenvalue weighted by Crippen LogP contribution is -2.37. The SMILES string of the molecule is Cc1ccc(NC(=O)N2Cc3ccccc3-n3cccc3[C@@H]2c2cccs2)c(C)c1. The molecule has 5 rings (SSSR count). The van der Waals surface area contributed by atoms with Crippen LogP contribution in [0.5, 0.6) is 0 Å². The fraction of sp³-hybridized carbons (Fsp3) is 0.160. The van der Waals surface area contributed by atoms with Crippen molar-refractivity contribution in [2.75, 3.05) is 5.32 Å². The van der Waals surface area contributed by atoms with E-state index in [4.69, 9.17) is 0 Å². The van der Waals surface area contributed by atoms with Gasteiger partial charge in [-0.3, -0.25) is 0 Å². The summed E-state index contributed by atoms with van der Waals surface area (Å²) in [5.74, 6) is 0. The van der Waals surface area contributed by atoms with E-state index in [-0.39, 0.29) is 12.1 Å². The molecule has 0 spiro atoms. The Morgan fingerprint density at radius 1 is 1.03 bits per heavy atom. The first-order chi connectivity index (χ1) is 14.6. The van der Waals surface area contributed by atoms with Gasteiger partial charge in [0.05, 0.1) is 17.9 Å². The first-order valence-electron chi connectivity index (χ1n) is 10.1. The molecule has 2 aromatic heterocycles. The summed E-state index contributed by atoms with van der Waals surface area (Å²) in [6, 6.07) is 22.5. The predicted molar refractivity (Wildman–Crippen MR) is 122 cm³/mol. The molecule has 0 bridgehead atoms. The minimum absolute atomic E-state index is 0.0928. The van der Waals surface area contributed by atoms with Crippen molar-refractivity contribution in [3.05, 3.63) is 106 Å². The van der Waals surface area contributed by atoms with Crippen LogP contribution in [0, 0.1) is 13.8 Å². The highest BCUT2D eigenvalue weighted by molar-refractivity contribution is 7.10. The number of nitrogens with zero attached hydrogens (tertiary/aromatic N) is 2. The molecule has 0 unspecified atom stereocenters. The molecule has 0 saturated carbocycles. The molecular formula is C25H23N3OS. The first kappa shape index (κ1) is 18.7. The molecule has 5 heteroatoms.